The van der Waals surface area contributed by atoms with Gasteiger partial charge in [-0.1, -0.05) is 5.57 Å². The molecular formula is C13H23NO2. The Morgan fingerprint density at radius 2 is 2.00 bits per heavy atom. The van der Waals surface area contributed by atoms with Gasteiger partial charge in [0.05, 0.1) is 0 Å². The topological polar surface area (TPSA) is 40.5 Å². The Hall–Kier alpha value is -0.830. The van der Waals surface area contributed by atoms with E-state index in [1.54, 1.807) is 0 Å². The fourth-order valence-corrected chi connectivity index (χ4v) is 2.18. The standard InChI is InChI=1S/C13H23NO2/c1-11(2)5-8-14-9-6-12(7-10-14)3-4-13(15)16/h12H,1,3-10H2,2H3,(H,15,16). The molecule has 0 aliphatic carbocycles. The molecule has 0 bridgehead atoms. The van der Waals surface area contributed by atoms with Crippen LogP contribution in [0, 0.1) is 5.92 Å². The smallest absolute Gasteiger partial charge is 0.303 e. The van der Waals surface area contributed by atoms with Crippen molar-refractivity contribution in [3.05, 3.63) is 12.2 Å². The first-order valence-electron chi connectivity index (χ1n) is 6.16. The van der Waals surface area contributed by atoms with E-state index in [4.69, 9.17) is 5.11 Å². The van der Waals surface area contributed by atoms with Crippen molar-refractivity contribution in [3.63, 3.8) is 0 Å². The Morgan fingerprint density at radius 3 is 2.50 bits per heavy atom. The Kier molecular flexibility index (Phi) is 5.53. The minimum Gasteiger partial charge on any atom is -0.481 e. The summed E-state index contributed by atoms with van der Waals surface area (Å²) in [5, 5.41) is 8.62. The zero-order valence-electron chi connectivity index (χ0n) is 10.2. The highest BCUT2D eigenvalue weighted by atomic mass is 16.4. The maximum Gasteiger partial charge on any atom is 0.303 e. The van der Waals surface area contributed by atoms with Gasteiger partial charge in [0.15, 0.2) is 0 Å². The van der Waals surface area contributed by atoms with Gasteiger partial charge in [0, 0.05) is 13.0 Å². The molecule has 0 saturated carbocycles. The van der Waals surface area contributed by atoms with E-state index in [1.165, 1.54) is 5.57 Å². The molecule has 0 atom stereocenters. The van der Waals surface area contributed by atoms with Gasteiger partial charge in [-0.3, -0.25) is 4.79 Å². The van der Waals surface area contributed by atoms with Crippen LogP contribution in [0.3, 0.4) is 0 Å². The van der Waals surface area contributed by atoms with Crippen molar-refractivity contribution in [2.45, 2.75) is 39.0 Å². The third-order valence-corrected chi connectivity index (χ3v) is 3.33. The van der Waals surface area contributed by atoms with E-state index in [-0.39, 0.29) is 0 Å². The van der Waals surface area contributed by atoms with Gasteiger partial charge in [-0.2, -0.15) is 0 Å². The Labute approximate surface area is 98.1 Å². The lowest BCUT2D eigenvalue weighted by molar-refractivity contribution is -0.137. The maximum absolute atomic E-state index is 10.5. The van der Waals surface area contributed by atoms with Gasteiger partial charge in [-0.25, -0.2) is 0 Å². The largest absolute Gasteiger partial charge is 0.481 e. The molecule has 1 rings (SSSR count). The molecule has 0 unspecified atom stereocenters. The van der Waals surface area contributed by atoms with Crippen molar-refractivity contribution in [2.75, 3.05) is 19.6 Å². The first kappa shape index (κ1) is 13.2. The summed E-state index contributed by atoms with van der Waals surface area (Å²) in [5.41, 5.74) is 1.24. The second-order valence-electron chi connectivity index (χ2n) is 4.92. The van der Waals surface area contributed by atoms with E-state index in [0.717, 1.165) is 45.3 Å². The van der Waals surface area contributed by atoms with Crippen molar-refractivity contribution in [1.82, 2.24) is 4.90 Å². The molecule has 92 valence electrons. The van der Waals surface area contributed by atoms with Crippen LogP contribution in [0.15, 0.2) is 12.2 Å². The molecule has 3 heteroatoms. The van der Waals surface area contributed by atoms with Crippen molar-refractivity contribution in [2.24, 2.45) is 5.92 Å². The van der Waals surface area contributed by atoms with Crippen molar-refractivity contribution in [1.29, 1.82) is 0 Å². The highest BCUT2D eigenvalue weighted by Crippen LogP contribution is 2.22. The molecule has 1 aliphatic heterocycles. The third kappa shape index (κ3) is 5.31. The number of hydrogen-bond donors (Lipinski definition) is 1. The van der Waals surface area contributed by atoms with Crippen LogP contribution in [0.1, 0.15) is 39.0 Å². The van der Waals surface area contributed by atoms with Gasteiger partial charge in [0.1, 0.15) is 0 Å². The fourth-order valence-electron chi connectivity index (χ4n) is 2.18. The first-order valence-corrected chi connectivity index (χ1v) is 6.16. The van der Waals surface area contributed by atoms with E-state index in [9.17, 15) is 4.79 Å². The van der Waals surface area contributed by atoms with Crippen LogP contribution in [0.4, 0.5) is 0 Å². The zero-order valence-corrected chi connectivity index (χ0v) is 10.2. The predicted octanol–water partition coefficient (Wildman–Crippen LogP) is 2.53. The quantitative estimate of drug-likeness (QED) is 0.706. The van der Waals surface area contributed by atoms with Gasteiger partial charge in [-0.05, 0) is 51.6 Å². The lowest BCUT2D eigenvalue weighted by atomic mass is 9.92. The van der Waals surface area contributed by atoms with Gasteiger partial charge >= 0.3 is 5.97 Å². The number of aliphatic carboxylic acids is 1. The maximum atomic E-state index is 10.5. The average Bonchev–Trinajstić information content (AvgIpc) is 2.25. The van der Waals surface area contributed by atoms with Crippen LogP contribution in [-0.4, -0.2) is 35.6 Å². The molecular weight excluding hydrogens is 202 g/mol. The second-order valence-corrected chi connectivity index (χ2v) is 4.92. The van der Waals surface area contributed by atoms with Crippen LogP contribution in [0.25, 0.3) is 0 Å². The van der Waals surface area contributed by atoms with Gasteiger partial charge in [0.25, 0.3) is 0 Å². The summed E-state index contributed by atoms with van der Waals surface area (Å²) in [6, 6.07) is 0. The molecule has 0 spiro atoms. The van der Waals surface area contributed by atoms with Gasteiger partial charge < -0.3 is 10.0 Å². The molecule has 1 heterocycles. The molecule has 0 aromatic carbocycles. The minimum atomic E-state index is -0.662. The van der Waals surface area contributed by atoms with Crippen LogP contribution in [0.2, 0.25) is 0 Å². The first-order chi connectivity index (χ1) is 7.58. The monoisotopic (exact) mass is 225 g/mol. The molecule has 16 heavy (non-hydrogen) atoms. The van der Waals surface area contributed by atoms with Crippen LogP contribution >= 0.6 is 0 Å². The predicted molar refractivity (Wildman–Crippen MR) is 65.5 cm³/mol. The molecule has 1 aliphatic rings. The van der Waals surface area contributed by atoms with Crippen molar-refractivity contribution < 1.29 is 9.90 Å². The minimum absolute atomic E-state index is 0.330. The van der Waals surface area contributed by atoms with Gasteiger partial charge in [-0.15, -0.1) is 6.58 Å². The molecule has 1 saturated heterocycles. The van der Waals surface area contributed by atoms with E-state index in [1.807, 2.05) is 0 Å². The number of carboxylic acid groups (broad SMARTS) is 1. The Morgan fingerprint density at radius 1 is 1.38 bits per heavy atom. The zero-order chi connectivity index (χ0) is 12.0. The third-order valence-electron chi connectivity index (χ3n) is 3.33. The fraction of sp³-hybridized carbons (Fsp3) is 0.769. The number of carbonyl (C=O) groups is 1. The summed E-state index contributed by atoms with van der Waals surface area (Å²) in [7, 11) is 0. The highest BCUT2D eigenvalue weighted by molar-refractivity contribution is 5.66. The van der Waals surface area contributed by atoms with Gasteiger partial charge in [0.2, 0.25) is 0 Å². The summed E-state index contributed by atoms with van der Waals surface area (Å²) in [6.45, 7) is 9.34. The normalized spacial score (nSPS) is 18.6. The van der Waals surface area contributed by atoms with Crippen LogP contribution < -0.4 is 0 Å². The summed E-state index contributed by atoms with van der Waals surface area (Å²) in [5.74, 6) is -0.0399. The SMILES string of the molecule is C=C(C)CCN1CCC(CCC(=O)O)CC1. The van der Waals surface area contributed by atoms with E-state index in [0.29, 0.717) is 12.3 Å². The Bertz CT molecular complexity index is 216. The number of carboxylic acids is 1. The number of nitrogens with zero attached hydrogens (tertiary/aromatic N) is 1. The van der Waals surface area contributed by atoms with E-state index in [2.05, 4.69) is 18.4 Å². The number of rotatable bonds is 6. The number of hydrogen-bond acceptors (Lipinski definition) is 2. The molecule has 0 aromatic rings. The number of likely N-dealkylation sites (tertiary alicyclic amines) is 1. The molecule has 0 aromatic heterocycles. The summed E-state index contributed by atoms with van der Waals surface area (Å²) in [4.78, 5) is 12.9. The lowest BCUT2D eigenvalue weighted by Crippen LogP contribution is -2.34. The second kappa shape index (κ2) is 6.69. The molecule has 1 N–H and O–H groups in total. The summed E-state index contributed by atoms with van der Waals surface area (Å²) in [6.07, 6.45) is 4.58. The lowest BCUT2D eigenvalue weighted by Gasteiger charge is -2.31. The summed E-state index contributed by atoms with van der Waals surface area (Å²) < 4.78 is 0. The van der Waals surface area contributed by atoms with Crippen LogP contribution in [0.5, 0.6) is 0 Å². The van der Waals surface area contributed by atoms with Crippen molar-refractivity contribution in [3.8, 4) is 0 Å². The van der Waals surface area contributed by atoms with E-state index < -0.39 is 5.97 Å². The average molecular weight is 225 g/mol. The summed E-state index contributed by atoms with van der Waals surface area (Å²) >= 11 is 0. The molecule has 3 nitrogen and oxygen atoms in total. The van der Waals surface area contributed by atoms with E-state index >= 15 is 0 Å². The van der Waals surface area contributed by atoms with Crippen LogP contribution in [-0.2, 0) is 4.79 Å². The van der Waals surface area contributed by atoms with Crippen molar-refractivity contribution >= 4 is 5.97 Å². The Balaban J connectivity index is 2.13. The molecule has 0 radical (unpaired) electrons. The molecule has 0 amide bonds. The number of piperidine rings is 1. The molecule has 1 fully saturated rings. The highest BCUT2D eigenvalue weighted by Gasteiger charge is 2.19.